The van der Waals surface area contributed by atoms with Gasteiger partial charge in [0.1, 0.15) is 0 Å². The summed E-state index contributed by atoms with van der Waals surface area (Å²) < 4.78 is 0. The molecule has 0 amide bonds. The molecule has 2 aliphatic rings. The molecule has 1 aliphatic heterocycles. The third-order valence-electron chi connectivity index (χ3n) is 5.39. The smallest absolute Gasteiger partial charge is 0.192 e. The number of nitrogens with two attached hydrogens (primary N) is 1. The second-order valence-corrected chi connectivity index (χ2v) is 8.21. The summed E-state index contributed by atoms with van der Waals surface area (Å²) in [6.45, 7) is 8.91. The van der Waals surface area contributed by atoms with Crippen LogP contribution in [0.1, 0.15) is 44.9 Å². The summed E-state index contributed by atoms with van der Waals surface area (Å²) in [7, 11) is 0. The van der Waals surface area contributed by atoms with Crippen LogP contribution in [0.15, 0.2) is 22.5 Å². The minimum absolute atomic E-state index is 0.153. The molecule has 3 atom stereocenters. The summed E-state index contributed by atoms with van der Waals surface area (Å²) >= 11 is 1.82. The van der Waals surface area contributed by atoms with E-state index in [4.69, 9.17) is 5.73 Å². The first-order valence-corrected chi connectivity index (χ1v) is 9.01. The summed E-state index contributed by atoms with van der Waals surface area (Å²) in [6, 6.07) is 4.33. The molecular weight excluding hydrogens is 278 g/mol. The first-order chi connectivity index (χ1) is 10.0. The van der Waals surface area contributed by atoms with E-state index in [9.17, 15) is 0 Å². The molecule has 1 fully saturated rings. The quantitative estimate of drug-likeness (QED) is 0.925. The predicted molar refractivity (Wildman–Crippen MR) is 90.4 cm³/mol. The molecule has 1 spiro atoms. The van der Waals surface area contributed by atoms with Crippen molar-refractivity contribution in [3.05, 3.63) is 22.4 Å². The lowest BCUT2D eigenvalue weighted by Crippen LogP contribution is -2.59. The molecule has 3 rings (SSSR count). The summed E-state index contributed by atoms with van der Waals surface area (Å²) in [5, 5.41) is 2.15. The number of hydrogen-bond donors (Lipinski definition) is 1. The average Bonchev–Trinajstić information content (AvgIpc) is 3.03. The summed E-state index contributed by atoms with van der Waals surface area (Å²) in [6.07, 6.45) is 3.88. The third-order valence-corrected chi connectivity index (χ3v) is 6.25. The number of guanidine groups is 1. The van der Waals surface area contributed by atoms with Crippen molar-refractivity contribution in [2.24, 2.45) is 28.5 Å². The number of nitrogens with zero attached hydrogens (tertiary/aromatic N) is 2. The zero-order chi connectivity index (χ0) is 15.0. The molecule has 1 aliphatic carbocycles. The summed E-state index contributed by atoms with van der Waals surface area (Å²) in [4.78, 5) is 8.48. The van der Waals surface area contributed by atoms with Crippen molar-refractivity contribution in [2.75, 3.05) is 6.54 Å². The van der Waals surface area contributed by atoms with Crippen LogP contribution in [0, 0.1) is 17.8 Å². The molecule has 1 saturated carbocycles. The Morgan fingerprint density at radius 2 is 2.29 bits per heavy atom. The van der Waals surface area contributed by atoms with Crippen LogP contribution in [-0.2, 0) is 6.54 Å². The zero-order valence-electron chi connectivity index (χ0n) is 13.4. The fourth-order valence-corrected chi connectivity index (χ4v) is 5.14. The maximum atomic E-state index is 6.29. The molecule has 1 aromatic rings. The largest absolute Gasteiger partial charge is 0.370 e. The molecule has 0 radical (unpaired) electrons. The Labute approximate surface area is 132 Å². The SMILES string of the molecule is CC1CCC(C(C)C)C2(CN=C(N)N2Cc2cccs2)C1. The first-order valence-electron chi connectivity index (χ1n) is 8.13. The number of rotatable bonds is 3. The summed E-state index contributed by atoms with van der Waals surface area (Å²) in [5.74, 6) is 2.90. The van der Waals surface area contributed by atoms with Crippen LogP contribution in [0.5, 0.6) is 0 Å². The number of aliphatic imine (C=N–C) groups is 1. The molecule has 116 valence electrons. The maximum Gasteiger partial charge on any atom is 0.192 e. The molecule has 4 heteroatoms. The zero-order valence-corrected chi connectivity index (χ0v) is 14.2. The molecule has 0 bridgehead atoms. The van der Waals surface area contributed by atoms with Gasteiger partial charge in [0.2, 0.25) is 0 Å². The van der Waals surface area contributed by atoms with Gasteiger partial charge in [-0.05, 0) is 42.0 Å². The van der Waals surface area contributed by atoms with E-state index in [1.807, 2.05) is 11.3 Å². The molecule has 2 heterocycles. The van der Waals surface area contributed by atoms with Gasteiger partial charge in [-0.25, -0.2) is 0 Å². The van der Waals surface area contributed by atoms with Gasteiger partial charge in [-0.3, -0.25) is 4.99 Å². The van der Waals surface area contributed by atoms with Crippen LogP contribution in [0.2, 0.25) is 0 Å². The molecule has 1 aromatic heterocycles. The highest BCUT2D eigenvalue weighted by Gasteiger charge is 2.51. The fraction of sp³-hybridized carbons (Fsp3) is 0.706. The Kier molecular flexibility index (Phi) is 4.00. The van der Waals surface area contributed by atoms with Gasteiger partial charge < -0.3 is 10.6 Å². The highest BCUT2D eigenvalue weighted by molar-refractivity contribution is 7.09. The second-order valence-electron chi connectivity index (χ2n) is 7.18. The maximum absolute atomic E-state index is 6.29. The van der Waals surface area contributed by atoms with E-state index in [1.54, 1.807) is 0 Å². The third kappa shape index (κ3) is 2.59. The standard InChI is InChI=1S/C17H27N3S/c1-12(2)15-7-6-13(3)9-17(15)11-19-16(18)20(17)10-14-5-4-8-21-14/h4-5,8,12-13,15H,6-7,9-11H2,1-3H3,(H2,18,19). The Morgan fingerprint density at radius 1 is 1.48 bits per heavy atom. The van der Waals surface area contributed by atoms with Crippen molar-refractivity contribution in [3.63, 3.8) is 0 Å². The number of thiophene rings is 1. The van der Waals surface area contributed by atoms with Gasteiger partial charge in [-0.2, -0.15) is 0 Å². The van der Waals surface area contributed by atoms with Crippen molar-refractivity contribution in [2.45, 2.75) is 52.1 Å². The minimum Gasteiger partial charge on any atom is -0.370 e. The van der Waals surface area contributed by atoms with Gasteiger partial charge in [0, 0.05) is 4.88 Å². The van der Waals surface area contributed by atoms with Gasteiger partial charge in [0.15, 0.2) is 5.96 Å². The van der Waals surface area contributed by atoms with Crippen molar-refractivity contribution in [3.8, 4) is 0 Å². The van der Waals surface area contributed by atoms with E-state index >= 15 is 0 Å². The van der Waals surface area contributed by atoms with Crippen molar-refractivity contribution in [1.29, 1.82) is 0 Å². The van der Waals surface area contributed by atoms with Crippen LogP contribution < -0.4 is 5.73 Å². The predicted octanol–water partition coefficient (Wildman–Crippen LogP) is 3.71. The van der Waals surface area contributed by atoms with Crippen LogP contribution in [0.4, 0.5) is 0 Å². The molecule has 2 N–H and O–H groups in total. The lowest BCUT2D eigenvalue weighted by Gasteiger charge is -2.51. The highest BCUT2D eigenvalue weighted by atomic mass is 32.1. The first kappa shape index (κ1) is 14.9. The van der Waals surface area contributed by atoms with E-state index in [0.717, 1.165) is 25.0 Å². The molecule has 0 aromatic carbocycles. The monoisotopic (exact) mass is 305 g/mol. The van der Waals surface area contributed by atoms with E-state index in [2.05, 4.69) is 48.2 Å². The van der Waals surface area contributed by atoms with Crippen LogP contribution >= 0.6 is 11.3 Å². The van der Waals surface area contributed by atoms with E-state index in [-0.39, 0.29) is 5.54 Å². The van der Waals surface area contributed by atoms with Gasteiger partial charge in [-0.1, -0.05) is 33.3 Å². The van der Waals surface area contributed by atoms with Crippen molar-refractivity contribution in [1.82, 2.24) is 4.90 Å². The van der Waals surface area contributed by atoms with Crippen LogP contribution in [0.3, 0.4) is 0 Å². The van der Waals surface area contributed by atoms with Crippen molar-refractivity contribution >= 4 is 17.3 Å². The Hall–Kier alpha value is -1.03. The highest BCUT2D eigenvalue weighted by Crippen LogP contribution is 2.47. The Morgan fingerprint density at radius 3 is 2.95 bits per heavy atom. The second kappa shape index (κ2) is 5.64. The van der Waals surface area contributed by atoms with Crippen LogP contribution in [-0.4, -0.2) is 22.9 Å². The normalized spacial score (nSPS) is 33.0. The molecule has 3 nitrogen and oxygen atoms in total. The Balaban J connectivity index is 1.92. The topological polar surface area (TPSA) is 41.6 Å². The Bertz CT molecular complexity index is 508. The van der Waals surface area contributed by atoms with Gasteiger partial charge in [0.05, 0.1) is 18.6 Å². The average molecular weight is 305 g/mol. The molecule has 0 saturated heterocycles. The minimum atomic E-state index is 0.153. The molecular formula is C17H27N3S. The fourth-order valence-electron chi connectivity index (χ4n) is 4.45. The molecule has 3 unspecified atom stereocenters. The lowest BCUT2D eigenvalue weighted by atomic mass is 9.64. The van der Waals surface area contributed by atoms with Gasteiger partial charge in [-0.15, -0.1) is 11.3 Å². The van der Waals surface area contributed by atoms with E-state index < -0.39 is 0 Å². The summed E-state index contributed by atoms with van der Waals surface area (Å²) in [5.41, 5.74) is 6.44. The molecule has 21 heavy (non-hydrogen) atoms. The van der Waals surface area contributed by atoms with E-state index in [0.29, 0.717) is 11.8 Å². The van der Waals surface area contributed by atoms with Crippen LogP contribution in [0.25, 0.3) is 0 Å². The lowest BCUT2D eigenvalue weighted by molar-refractivity contribution is 0.0202. The number of hydrogen-bond acceptors (Lipinski definition) is 4. The van der Waals surface area contributed by atoms with Crippen molar-refractivity contribution < 1.29 is 0 Å². The van der Waals surface area contributed by atoms with E-state index in [1.165, 1.54) is 24.1 Å². The van der Waals surface area contributed by atoms with Gasteiger partial charge >= 0.3 is 0 Å². The van der Waals surface area contributed by atoms with Gasteiger partial charge in [0.25, 0.3) is 0 Å².